The standard InChI is InChI=1S/C28H35N9O2/c1-35(2)8-9-37-17-22(14-33-37)19-4-6-25(7-5-19)39-18-24-11-23(15-30-24)34-28(38)26-10-20(12-31-27(26)29)21-13-32-36(3)16-21/h4-7,10,12-14,16-17,23-24,30H,8-9,11,15,18H2,1-3H3,(H2,29,31)(H,34,38)/t23-,24-/m0/s1. The summed E-state index contributed by atoms with van der Waals surface area (Å²) < 4.78 is 9.70. The Morgan fingerprint density at radius 1 is 1.10 bits per heavy atom. The van der Waals surface area contributed by atoms with Crippen molar-refractivity contribution in [3.8, 4) is 28.0 Å². The van der Waals surface area contributed by atoms with Crippen molar-refractivity contribution in [2.24, 2.45) is 7.05 Å². The molecule has 1 saturated heterocycles. The maximum atomic E-state index is 13.0. The van der Waals surface area contributed by atoms with E-state index in [1.807, 2.05) is 48.4 Å². The summed E-state index contributed by atoms with van der Waals surface area (Å²) in [5.41, 5.74) is 10.2. The molecule has 204 valence electrons. The van der Waals surface area contributed by atoms with Gasteiger partial charge in [0.25, 0.3) is 5.91 Å². The smallest absolute Gasteiger partial charge is 0.255 e. The number of nitrogens with zero attached hydrogens (tertiary/aromatic N) is 6. The number of carbonyl (C=O) groups is 1. The summed E-state index contributed by atoms with van der Waals surface area (Å²) in [5.74, 6) is 0.772. The van der Waals surface area contributed by atoms with E-state index in [-0.39, 0.29) is 23.8 Å². The maximum absolute atomic E-state index is 13.0. The molecule has 39 heavy (non-hydrogen) atoms. The second kappa shape index (κ2) is 11.7. The predicted molar refractivity (Wildman–Crippen MR) is 150 cm³/mol. The van der Waals surface area contributed by atoms with Crippen LogP contribution in [-0.2, 0) is 13.6 Å². The zero-order valence-corrected chi connectivity index (χ0v) is 22.5. The number of benzene rings is 1. The number of ether oxygens (including phenoxy) is 1. The van der Waals surface area contributed by atoms with E-state index in [0.29, 0.717) is 18.7 Å². The molecule has 4 heterocycles. The number of pyridine rings is 1. The van der Waals surface area contributed by atoms with E-state index < -0.39 is 0 Å². The zero-order valence-electron chi connectivity index (χ0n) is 22.5. The lowest BCUT2D eigenvalue weighted by atomic mass is 10.1. The van der Waals surface area contributed by atoms with Gasteiger partial charge in [0.05, 0.1) is 24.5 Å². The summed E-state index contributed by atoms with van der Waals surface area (Å²) in [6.45, 7) is 2.96. The number of nitrogens with one attached hydrogen (secondary N) is 2. The Kier molecular flexibility index (Phi) is 7.89. The molecule has 4 N–H and O–H groups in total. The SMILES string of the molecule is CN(C)CCn1cc(-c2ccc(OC[C@@H]3C[C@H](NC(=O)c4cc(-c5cnn(C)c5)cnc4N)CN3)cc2)cn1. The minimum absolute atomic E-state index is 0.0287. The molecule has 0 radical (unpaired) electrons. The van der Waals surface area contributed by atoms with Crippen LogP contribution in [0.4, 0.5) is 5.82 Å². The molecule has 0 bridgehead atoms. The first-order valence-corrected chi connectivity index (χ1v) is 13.0. The van der Waals surface area contributed by atoms with Crippen LogP contribution in [0.5, 0.6) is 5.75 Å². The third kappa shape index (κ3) is 6.62. The van der Waals surface area contributed by atoms with Crippen LogP contribution in [0.3, 0.4) is 0 Å². The molecule has 3 aromatic heterocycles. The van der Waals surface area contributed by atoms with Crippen molar-refractivity contribution in [1.29, 1.82) is 0 Å². The Hall–Kier alpha value is -4.22. The molecular formula is C28H35N9O2. The van der Waals surface area contributed by atoms with Gasteiger partial charge in [0.2, 0.25) is 0 Å². The quantitative estimate of drug-likeness (QED) is 0.285. The van der Waals surface area contributed by atoms with E-state index in [1.165, 1.54) is 0 Å². The molecule has 1 aromatic carbocycles. The van der Waals surface area contributed by atoms with Gasteiger partial charge in [-0.05, 0) is 44.3 Å². The lowest BCUT2D eigenvalue weighted by Crippen LogP contribution is -2.36. The van der Waals surface area contributed by atoms with Crippen LogP contribution in [0.2, 0.25) is 0 Å². The van der Waals surface area contributed by atoms with E-state index in [4.69, 9.17) is 10.5 Å². The first-order chi connectivity index (χ1) is 18.8. The average Bonchev–Trinajstić information content (AvgIpc) is 3.68. The highest BCUT2D eigenvalue weighted by Gasteiger charge is 2.27. The monoisotopic (exact) mass is 529 g/mol. The van der Waals surface area contributed by atoms with E-state index >= 15 is 0 Å². The molecule has 2 atom stereocenters. The second-order valence-corrected chi connectivity index (χ2v) is 10.2. The van der Waals surface area contributed by atoms with Gasteiger partial charge in [-0.3, -0.25) is 14.2 Å². The first-order valence-electron chi connectivity index (χ1n) is 13.0. The van der Waals surface area contributed by atoms with Crippen molar-refractivity contribution < 1.29 is 9.53 Å². The fourth-order valence-electron chi connectivity index (χ4n) is 4.58. The molecule has 11 nitrogen and oxygen atoms in total. The van der Waals surface area contributed by atoms with E-state index in [2.05, 4.69) is 51.0 Å². The topological polar surface area (TPSA) is 128 Å². The molecule has 0 spiro atoms. The summed E-state index contributed by atoms with van der Waals surface area (Å²) in [5, 5.41) is 15.2. The van der Waals surface area contributed by atoms with Crippen molar-refractivity contribution >= 4 is 11.7 Å². The molecule has 5 rings (SSSR count). The lowest BCUT2D eigenvalue weighted by molar-refractivity contribution is 0.0940. The molecule has 11 heteroatoms. The van der Waals surface area contributed by atoms with Crippen molar-refractivity contribution in [2.75, 3.05) is 39.5 Å². The summed E-state index contributed by atoms with van der Waals surface area (Å²) in [7, 11) is 5.95. The molecular weight excluding hydrogens is 494 g/mol. The van der Waals surface area contributed by atoms with Gasteiger partial charge in [-0.25, -0.2) is 4.98 Å². The fourth-order valence-corrected chi connectivity index (χ4v) is 4.58. The number of amides is 1. The predicted octanol–water partition coefficient (Wildman–Crippen LogP) is 2.03. The van der Waals surface area contributed by atoms with Crippen LogP contribution in [0, 0.1) is 0 Å². The number of hydrogen-bond donors (Lipinski definition) is 3. The number of likely N-dealkylation sites (N-methyl/N-ethyl adjacent to an activating group) is 1. The van der Waals surface area contributed by atoms with E-state index in [1.54, 1.807) is 23.1 Å². The molecule has 4 aromatic rings. The highest BCUT2D eigenvalue weighted by atomic mass is 16.5. The highest BCUT2D eigenvalue weighted by Crippen LogP contribution is 2.24. The van der Waals surface area contributed by atoms with Crippen LogP contribution >= 0.6 is 0 Å². The number of aromatic nitrogens is 5. The number of hydrogen-bond acceptors (Lipinski definition) is 8. The summed E-state index contributed by atoms with van der Waals surface area (Å²) in [6, 6.07) is 9.91. The highest BCUT2D eigenvalue weighted by molar-refractivity contribution is 5.99. The molecule has 0 saturated carbocycles. The lowest BCUT2D eigenvalue weighted by Gasteiger charge is -2.14. The van der Waals surface area contributed by atoms with Crippen molar-refractivity contribution in [2.45, 2.75) is 25.0 Å². The molecule has 1 aliphatic rings. The summed E-state index contributed by atoms with van der Waals surface area (Å²) >= 11 is 0. The van der Waals surface area contributed by atoms with Crippen LogP contribution in [0.1, 0.15) is 16.8 Å². The largest absolute Gasteiger partial charge is 0.492 e. The Bertz CT molecular complexity index is 1410. The Labute approximate surface area is 228 Å². The molecule has 1 fully saturated rings. The Balaban J connectivity index is 1.11. The van der Waals surface area contributed by atoms with Crippen LogP contribution in [0.25, 0.3) is 22.3 Å². The minimum atomic E-state index is -0.236. The van der Waals surface area contributed by atoms with Crippen molar-refractivity contribution in [3.05, 3.63) is 66.9 Å². The summed E-state index contributed by atoms with van der Waals surface area (Å²) in [4.78, 5) is 19.3. The number of carbonyl (C=O) groups excluding carboxylic acids is 1. The number of nitrogens with two attached hydrogens (primary N) is 1. The third-order valence-electron chi connectivity index (χ3n) is 6.81. The minimum Gasteiger partial charge on any atom is -0.492 e. The van der Waals surface area contributed by atoms with Gasteiger partial charge in [0.15, 0.2) is 0 Å². The Morgan fingerprint density at radius 2 is 1.87 bits per heavy atom. The van der Waals surface area contributed by atoms with Gasteiger partial charge in [-0.1, -0.05) is 12.1 Å². The molecule has 1 aliphatic heterocycles. The van der Waals surface area contributed by atoms with Crippen molar-refractivity contribution in [3.63, 3.8) is 0 Å². The number of anilines is 1. The zero-order chi connectivity index (χ0) is 27.4. The van der Waals surface area contributed by atoms with Gasteiger partial charge in [0, 0.05) is 67.5 Å². The molecule has 1 amide bonds. The summed E-state index contributed by atoms with van der Waals surface area (Å²) in [6.07, 6.45) is 9.96. The van der Waals surface area contributed by atoms with Crippen LogP contribution < -0.4 is 21.1 Å². The fraction of sp³-hybridized carbons (Fsp3) is 0.357. The number of nitrogen functional groups attached to an aromatic ring is 1. The number of aryl methyl sites for hydroxylation is 1. The maximum Gasteiger partial charge on any atom is 0.255 e. The van der Waals surface area contributed by atoms with Gasteiger partial charge in [-0.2, -0.15) is 10.2 Å². The van der Waals surface area contributed by atoms with Gasteiger partial charge < -0.3 is 26.0 Å². The van der Waals surface area contributed by atoms with Gasteiger partial charge in [-0.15, -0.1) is 0 Å². The first kappa shape index (κ1) is 26.4. The Morgan fingerprint density at radius 3 is 2.62 bits per heavy atom. The van der Waals surface area contributed by atoms with Gasteiger partial charge in [0.1, 0.15) is 18.2 Å². The van der Waals surface area contributed by atoms with E-state index in [0.717, 1.165) is 47.5 Å². The van der Waals surface area contributed by atoms with Crippen LogP contribution in [-0.4, -0.2) is 81.2 Å². The average molecular weight is 530 g/mol. The number of rotatable bonds is 10. The van der Waals surface area contributed by atoms with Crippen molar-refractivity contribution in [1.82, 2.24) is 40.1 Å². The molecule has 0 aliphatic carbocycles. The normalized spacial score (nSPS) is 17.0. The molecule has 0 unspecified atom stereocenters. The van der Waals surface area contributed by atoms with E-state index in [9.17, 15) is 4.79 Å². The van der Waals surface area contributed by atoms with Gasteiger partial charge >= 0.3 is 0 Å². The third-order valence-corrected chi connectivity index (χ3v) is 6.81. The second-order valence-electron chi connectivity index (χ2n) is 10.2. The van der Waals surface area contributed by atoms with Crippen LogP contribution in [0.15, 0.2) is 61.3 Å².